The number of pyridine rings is 1. The van der Waals surface area contributed by atoms with Crippen LogP contribution in [0, 0.1) is 6.92 Å². The molecule has 1 unspecified atom stereocenters. The molecule has 2 rings (SSSR count). The molecular formula is C12H18N4O2. The maximum atomic E-state index is 9.26. The Balaban J connectivity index is 2.13. The summed E-state index contributed by atoms with van der Waals surface area (Å²) in [5, 5.41) is 16.7. The minimum atomic E-state index is -0.0948. The Kier molecular flexibility index (Phi) is 4.11. The maximum absolute atomic E-state index is 9.26. The number of anilines is 1. The standard InChI is InChI=1S/C12H18N4O2/c1-9-4-3-6-16-11(9)14-12(15-16)13-10(8-17)5-7-18-2/h3-4,6,10,17H,5,7-8H2,1-2H3,(H,13,15). The molecule has 2 aromatic rings. The molecule has 0 aliphatic carbocycles. The number of ether oxygens (including phenoxy) is 1. The summed E-state index contributed by atoms with van der Waals surface area (Å²) in [4.78, 5) is 4.40. The summed E-state index contributed by atoms with van der Waals surface area (Å²) in [5.41, 5.74) is 1.89. The third kappa shape index (κ3) is 2.77. The van der Waals surface area contributed by atoms with Crippen LogP contribution in [-0.2, 0) is 4.74 Å². The van der Waals surface area contributed by atoms with Crippen molar-refractivity contribution in [2.24, 2.45) is 0 Å². The highest BCUT2D eigenvalue weighted by molar-refractivity contribution is 5.49. The van der Waals surface area contributed by atoms with Gasteiger partial charge in [0.1, 0.15) is 0 Å². The van der Waals surface area contributed by atoms with E-state index in [0.717, 1.165) is 11.2 Å². The SMILES string of the molecule is COCCC(CO)Nc1nc2c(C)cccn2n1. The molecule has 0 aliphatic rings. The minimum Gasteiger partial charge on any atom is -0.394 e. The van der Waals surface area contributed by atoms with Crippen LogP contribution in [0.2, 0.25) is 0 Å². The summed E-state index contributed by atoms with van der Waals surface area (Å²) in [7, 11) is 1.64. The second-order valence-corrected chi connectivity index (χ2v) is 4.20. The number of aliphatic hydroxyl groups excluding tert-OH is 1. The van der Waals surface area contributed by atoms with Gasteiger partial charge in [-0.15, -0.1) is 5.10 Å². The number of rotatable bonds is 6. The van der Waals surface area contributed by atoms with Crippen LogP contribution in [-0.4, -0.2) is 46.1 Å². The van der Waals surface area contributed by atoms with Crippen LogP contribution < -0.4 is 5.32 Å². The number of hydrogen-bond donors (Lipinski definition) is 2. The Hall–Kier alpha value is -1.66. The molecule has 6 nitrogen and oxygen atoms in total. The van der Waals surface area contributed by atoms with Gasteiger partial charge in [0.05, 0.1) is 12.6 Å². The Morgan fingerprint density at radius 2 is 2.39 bits per heavy atom. The van der Waals surface area contributed by atoms with E-state index in [-0.39, 0.29) is 12.6 Å². The fourth-order valence-corrected chi connectivity index (χ4v) is 1.75. The zero-order valence-corrected chi connectivity index (χ0v) is 10.6. The second-order valence-electron chi connectivity index (χ2n) is 4.20. The average Bonchev–Trinajstić information content (AvgIpc) is 2.78. The largest absolute Gasteiger partial charge is 0.394 e. The second kappa shape index (κ2) is 5.79. The van der Waals surface area contributed by atoms with E-state index in [1.807, 2.05) is 25.3 Å². The number of hydrogen-bond acceptors (Lipinski definition) is 5. The van der Waals surface area contributed by atoms with Crippen molar-refractivity contribution in [3.8, 4) is 0 Å². The Labute approximate surface area is 106 Å². The van der Waals surface area contributed by atoms with Gasteiger partial charge in [-0.05, 0) is 25.0 Å². The van der Waals surface area contributed by atoms with Crippen LogP contribution in [0.15, 0.2) is 18.3 Å². The zero-order valence-electron chi connectivity index (χ0n) is 10.6. The fourth-order valence-electron chi connectivity index (χ4n) is 1.75. The summed E-state index contributed by atoms with van der Waals surface area (Å²) in [6.45, 7) is 2.60. The molecule has 2 N–H and O–H groups in total. The van der Waals surface area contributed by atoms with Gasteiger partial charge >= 0.3 is 0 Å². The van der Waals surface area contributed by atoms with E-state index in [9.17, 15) is 5.11 Å². The Bertz CT molecular complexity index is 512. The third-order valence-electron chi connectivity index (χ3n) is 2.78. The van der Waals surface area contributed by atoms with E-state index in [2.05, 4.69) is 15.4 Å². The number of aryl methyl sites for hydroxylation is 1. The summed E-state index contributed by atoms with van der Waals surface area (Å²) >= 11 is 0. The van der Waals surface area contributed by atoms with Gasteiger partial charge in [0.2, 0.25) is 5.95 Å². The van der Waals surface area contributed by atoms with E-state index < -0.39 is 0 Å². The predicted molar refractivity (Wildman–Crippen MR) is 68.7 cm³/mol. The molecule has 0 bridgehead atoms. The van der Waals surface area contributed by atoms with Crippen LogP contribution in [0.4, 0.5) is 5.95 Å². The molecule has 18 heavy (non-hydrogen) atoms. The van der Waals surface area contributed by atoms with E-state index >= 15 is 0 Å². The molecular weight excluding hydrogens is 232 g/mol. The minimum absolute atomic E-state index is 0.0257. The maximum Gasteiger partial charge on any atom is 0.243 e. The topological polar surface area (TPSA) is 71.7 Å². The lowest BCUT2D eigenvalue weighted by Gasteiger charge is -2.13. The van der Waals surface area contributed by atoms with Gasteiger partial charge in [0, 0.05) is 19.9 Å². The third-order valence-corrected chi connectivity index (χ3v) is 2.78. The van der Waals surface area contributed by atoms with Gasteiger partial charge in [0.15, 0.2) is 5.65 Å². The fraction of sp³-hybridized carbons (Fsp3) is 0.500. The molecule has 0 fully saturated rings. The number of aliphatic hydroxyl groups is 1. The predicted octanol–water partition coefficient (Wildman–Crippen LogP) is 0.847. The normalized spacial score (nSPS) is 12.8. The highest BCUT2D eigenvalue weighted by atomic mass is 16.5. The first-order valence-corrected chi connectivity index (χ1v) is 5.93. The summed E-state index contributed by atoms with van der Waals surface area (Å²) in [6, 6.07) is 3.82. The Morgan fingerprint density at radius 3 is 3.06 bits per heavy atom. The number of methoxy groups -OCH3 is 1. The first-order valence-electron chi connectivity index (χ1n) is 5.93. The molecule has 98 valence electrons. The molecule has 0 spiro atoms. The molecule has 0 saturated carbocycles. The molecule has 2 heterocycles. The molecule has 0 aromatic carbocycles. The first-order chi connectivity index (χ1) is 8.74. The number of nitrogens with one attached hydrogen (secondary N) is 1. The van der Waals surface area contributed by atoms with Crippen molar-refractivity contribution in [2.45, 2.75) is 19.4 Å². The Morgan fingerprint density at radius 1 is 1.56 bits per heavy atom. The summed E-state index contributed by atoms with van der Waals surface area (Å²) < 4.78 is 6.72. The van der Waals surface area contributed by atoms with Crippen LogP contribution in [0.3, 0.4) is 0 Å². The quantitative estimate of drug-likeness (QED) is 0.795. The molecule has 0 saturated heterocycles. The van der Waals surface area contributed by atoms with E-state index in [1.54, 1.807) is 11.6 Å². The van der Waals surface area contributed by atoms with Crippen LogP contribution in [0.25, 0.3) is 5.65 Å². The lowest BCUT2D eigenvalue weighted by molar-refractivity contribution is 0.174. The first kappa shape index (κ1) is 12.8. The van der Waals surface area contributed by atoms with Gasteiger partial charge in [-0.25, -0.2) is 4.52 Å². The van der Waals surface area contributed by atoms with Gasteiger partial charge in [-0.1, -0.05) is 6.07 Å². The highest BCUT2D eigenvalue weighted by Crippen LogP contribution is 2.11. The van der Waals surface area contributed by atoms with Crippen LogP contribution in [0.5, 0.6) is 0 Å². The molecule has 0 aliphatic heterocycles. The number of aromatic nitrogens is 3. The van der Waals surface area contributed by atoms with Gasteiger partial charge in [-0.2, -0.15) is 4.98 Å². The van der Waals surface area contributed by atoms with Crippen molar-refractivity contribution in [3.63, 3.8) is 0 Å². The van der Waals surface area contributed by atoms with Gasteiger partial charge < -0.3 is 15.2 Å². The van der Waals surface area contributed by atoms with E-state index in [0.29, 0.717) is 19.0 Å². The molecule has 0 radical (unpaired) electrons. The van der Waals surface area contributed by atoms with E-state index in [4.69, 9.17) is 4.74 Å². The molecule has 6 heteroatoms. The van der Waals surface area contributed by atoms with Crippen LogP contribution in [0.1, 0.15) is 12.0 Å². The molecule has 1 atom stereocenters. The highest BCUT2D eigenvalue weighted by Gasteiger charge is 2.11. The van der Waals surface area contributed by atoms with Crippen molar-refractivity contribution in [1.82, 2.24) is 14.6 Å². The summed E-state index contributed by atoms with van der Waals surface area (Å²) in [5.74, 6) is 0.527. The monoisotopic (exact) mass is 250 g/mol. The lowest BCUT2D eigenvalue weighted by atomic mass is 10.2. The van der Waals surface area contributed by atoms with Gasteiger partial charge in [0.25, 0.3) is 0 Å². The smallest absolute Gasteiger partial charge is 0.243 e. The van der Waals surface area contributed by atoms with Crippen molar-refractivity contribution < 1.29 is 9.84 Å². The van der Waals surface area contributed by atoms with E-state index in [1.165, 1.54) is 0 Å². The average molecular weight is 250 g/mol. The zero-order chi connectivity index (χ0) is 13.0. The van der Waals surface area contributed by atoms with Crippen molar-refractivity contribution >= 4 is 11.6 Å². The summed E-state index contributed by atoms with van der Waals surface area (Å²) in [6.07, 6.45) is 2.56. The van der Waals surface area contributed by atoms with Crippen molar-refractivity contribution in [1.29, 1.82) is 0 Å². The molecule has 0 amide bonds. The van der Waals surface area contributed by atoms with Crippen molar-refractivity contribution in [3.05, 3.63) is 23.9 Å². The van der Waals surface area contributed by atoms with Crippen molar-refractivity contribution in [2.75, 3.05) is 25.6 Å². The lowest BCUT2D eigenvalue weighted by Crippen LogP contribution is -2.26. The number of nitrogens with zero attached hydrogens (tertiary/aromatic N) is 3. The molecule has 2 aromatic heterocycles. The van der Waals surface area contributed by atoms with Crippen LogP contribution >= 0.6 is 0 Å². The number of fused-ring (bicyclic) bond motifs is 1. The van der Waals surface area contributed by atoms with Gasteiger partial charge in [-0.3, -0.25) is 0 Å².